The largest absolute Gasteiger partial charge is 0.489 e. The van der Waals surface area contributed by atoms with Crippen molar-refractivity contribution >= 4 is 17.5 Å². The predicted octanol–water partition coefficient (Wildman–Crippen LogP) is 4.39. The maximum absolute atomic E-state index is 12.8. The van der Waals surface area contributed by atoms with Gasteiger partial charge in [-0.15, -0.1) is 0 Å². The maximum Gasteiger partial charge on any atom is 0.254 e. The first-order valence-corrected chi connectivity index (χ1v) is 8.74. The van der Waals surface area contributed by atoms with E-state index in [1.807, 2.05) is 0 Å². The minimum Gasteiger partial charge on any atom is -0.489 e. The highest BCUT2D eigenvalue weighted by Gasteiger charge is 2.20. The number of fused-ring (bicyclic) bond motifs is 1. The van der Waals surface area contributed by atoms with Crippen molar-refractivity contribution in [1.82, 2.24) is 4.90 Å². The van der Waals surface area contributed by atoms with Crippen LogP contribution in [-0.4, -0.2) is 31.1 Å². The van der Waals surface area contributed by atoms with E-state index >= 15 is 0 Å². The third kappa shape index (κ3) is 3.90. The molecule has 4 nitrogen and oxygen atoms in total. The highest BCUT2D eigenvalue weighted by atomic mass is 35.5. The third-order valence-electron chi connectivity index (χ3n) is 4.30. The lowest BCUT2D eigenvalue weighted by Gasteiger charge is -2.20. The molecule has 0 N–H and O–H groups in total. The number of carbonyl (C=O) groups excluding carboxylic acids is 1. The molecule has 2 aromatic rings. The van der Waals surface area contributed by atoms with E-state index in [4.69, 9.17) is 21.1 Å². The molecule has 1 amide bonds. The molecule has 1 heterocycles. The zero-order valence-corrected chi connectivity index (χ0v) is 15.5. The Morgan fingerprint density at radius 1 is 1.16 bits per heavy atom. The lowest BCUT2D eigenvalue weighted by atomic mass is 10.1. The van der Waals surface area contributed by atoms with Gasteiger partial charge in [0.05, 0.1) is 18.2 Å². The lowest BCUT2D eigenvalue weighted by Crippen LogP contribution is -2.26. The molecule has 25 heavy (non-hydrogen) atoms. The van der Waals surface area contributed by atoms with E-state index in [2.05, 4.69) is 32.0 Å². The summed E-state index contributed by atoms with van der Waals surface area (Å²) >= 11 is 6.30. The van der Waals surface area contributed by atoms with Gasteiger partial charge >= 0.3 is 0 Å². The van der Waals surface area contributed by atoms with E-state index in [1.54, 1.807) is 24.1 Å². The Morgan fingerprint density at radius 3 is 2.68 bits per heavy atom. The van der Waals surface area contributed by atoms with Gasteiger partial charge in [-0.25, -0.2) is 0 Å². The molecule has 0 radical (unpaired) electrons. The van der Waals surface area contributed by atoms with Crippen LogP contribution in [-0.2, 0) is 6.54 Å². The summed E-state index contributed by atoms with van der Waals surface area (Å²) in [7, 11) is 1.79. The minimum atomic E-state index is -0.0995. The summed E-state index contributed by atoms with van der Waals surface area (Å²) in [5.41, 5.74) is 4.02. The van der Waals surface area contributed by atoms with E-state index in [0.29, 0.717) is 41.8 Å². The van der Waals surface area contributed by atoms with Gasteiger partial charge in [0.15, 0.2) is 11.5 Å². The monoisotopic (exact) mass is 359 g/mol. The molecule has 1 aliphatic rings. The first-order chi connectivity index (χ1) is 12.0. The van der Waals surface area contributed by atoms with Crippen LogP contribution >= 0.6 is 11.6 Å². The second-order valence-corrected chi connectivity index (χ2v) is 6.83. The van der Waals surface area contributed by atoms with Crippen LogP contribution in [0, 0.1) is 13.8 Å². The summed E-state index contributed by atoms with van der Waals surface area (Å²) in [4.78, 5) is 14.5. The number of aryl methyl sites for hydroxylation is 2. The number of amides is 1. The van der Waals surface area contributed by atoms with Crippen LogP contribution in [0.3, 0.4) is 0 Å². The highest BCUT2D eigenvalue weighted by Crippen LogP contribution is 2.38. The van der Waals surface area contributed by atoms with Crippen LogP contribution in [0.5, 0.6) is 11.5 Å². The molecule has 2 aromatic carbocycles. The third-order valence-corrected chi connectivity index (χ3v) is 4.58. The van der Waals surface area contributed by atoms with Gasteiger partial charge in [0.25, 0.3) is 5.91 Å². The zero-order valence-electron chi connectivity index (χ0n) is 14.8. The Labute approximate surface area is 153 Å². The van der Waals surface area contributed by atoms with Crippen molar-refractivity contribution in [2.75, 3.05) is 20.3 Å². The Balaban J connectivity index is 1.82. The van der Waals surface area contributed by atoms with Crippen molar-refractivity contribution in [2.24, 2.45) is 0 Å². The van der Waals surface area contributed by atoms with Gasteiger partial charge in [0, 0.05) is 25.6 Å². The Bertz CT molecular complexity index is 804. The van der Waals surface area contributed by atoms with Gasteiger partial charge in [0.2, 0.25) is 0 Å². The number of halogens is 1. The van der Waals surface area contributed by atoms with Crippen molar-refractivity contribution in [3.05, 3.63) is 57.6 Å². The van der Waals surface area contributed by atoms with E-state index in [9.17, 15) is 4.79 Å². The number of hydrogen-bond acceptors (Lipinski definition) is 3. The molecule has 0 unspecified atom stereocenters. The number of benzene rings is 2. The number of carbonyl (C=O) groups is 1. The molecule has 5 heteroatoms. The molecule has 0 aliphatic carbocycles. The summed E-state index contributed by atoms with van der Waals surface area (Å²) in [6, 6.07) is 9.61. The Morgan fingerprint density at radius 2 is 1.92 bits per heavy atom. The quantitative estimate of drug-likeness (QED) is 0.815. The average molecular weight is 360 g/mol. The van der Waals surface area contributed by atoms with Gasteiger partial charge in [-0.05, 0) is 37.1 Å². The van der Waals surface area contributed by atoms with Gasteiger partial charge in [-0.2, -0.15) is 0 Å². The van der Waals surface area contributed by atoms with Crippen molar-refractivity contribution < 1.29 is 14.3 Å². The minimum absolute atomic E-state index is 0.0995. The zero-order chi connectivity index (χ0) is 18.0. The number of rotatable bonds is 3. The fraction of sp³-hybridized carbons (Fsp3) is 0.350. The molecule has 0 spiro atoms. The molecular weight excluding hydrogens is 338 g/mol. The first-order valence-electron chi connectivity index (χ1n) is 8.36. The number of ether oxygens (including phenoxy) is 2. The smallest absolute Gasteiger partial charge is 0.254 e. The molecule has 0 saturated carbocycles. The second-order valence-electron chi connectivity index (χ2n) is 6.43. The highest BCUT2D eigenvalue weighted by molar-refractivity contribution is 6.32. The second kappa shape index (κ2) is 7.36. The van der Waals surface area contributed by atoms with Crippen molar-refractivity contribution in [2.45, 2.75) is 26.8 Å². The average Bonchev–Trinajstić information content (AvgIpc) is 2.82. The summed E-state index contributed by atoms with van der Waals surface area (Å²) < 4.78 is 11.3. The standard InChI is InChI=1S/C20H22ClNO3/c1-13-5-6-15(14(2)9-13)12-22(3)20(23)16-10-17(21)19-18(11-16)24-7-4-8-25-19/h5-6,9-11H,4,7-8,12H2,1-3H3. The summed E-state index contributed by atoms with van der Waals surface area (Å²) in [6.07, 6.45) is 0.793. The maximum atomic E-state index is 12.8. The van der Waals surface area contributed by atoms with Crippen LogP contribution < -0.4 is 9.47 Å². The predicted molar refractivity (Wildman–Crippen MR) is 98.8 cm³/mol. The molecule has 0 fully saturated rings. The molecule has 0 saturated heterocycles. The molecule has 1 aliphatic heterocycles. The summed E-state index contributed by atoms with van der Waals surface area (Å²) in [5, 5.41) is 0.405. The van der Waals surface area contributed by atoms with E-state index in [0.717, 1.165) is 12.0 Å². The van der Waals surface area contributed by atoms with Crippen LogP contribution in [0.1, 0.15) is 33.5 Å². The van der Waals surface area contributed by atoms with Crippen LogP contribution in [0.2, 0.25) is 5.02 Å². The Kier molecular flexibility index (Phi) is 5.19. The first kappa shape index (κ1) is 17.6. The van der Waals surface area contributed by atoms with Crippen molar-refractivity contribution in [3.63, 3.8) is 0 Å². The van der Waals surface area contributed by atoms with Crippen molar-refractivity contribution in [3.8, 4) is 11.5 Å². The van der Waals surface area contributed by atoms with Crippen LogP contribution in [0.15, 0.2) is 30.3 Å². The summed E-state index contributed by atoms with van der Waals surface area (Å²) in [5.74, 6) is 0.957. The topological polar surface area (TPSA) is 38.8 Å². The van der Waals surface area contributed by atoms with Crippen LogP contribution in [0.4, 0.5) is 0 Å². The van der Waals surface area contributed by atoms with Crippen LogP contribution in [0.25, 0.3) is 0 Å². The summed E-state index contributed by atoms with van der Waals surface area (Å²) in [6.45, 7) is 5.78. The van der Waals surface area contributed by atoms with Gasteiger partial charge in [-0.3, -0.25) is 4.79 Å². The number of hydrogen-bond donors (Lipinski definition) is 0. The van der Waals surface area contributed by atoms with Gasteiger partial charge in [0.1, 0.15) is 0 Å². The fourth-order valence-electron chi connectivity index (χ4n) is 2.93. The lowest BCUT2D eigenvalue weighted by molar-refractivity contribution is 0.0784. The molecule has 3 rings (SSSR count). The van der Waals surface area contributed by atoms with Gasteiger partial charge in [-0.1, -0.05) is 35.4 Å². The fourth-order valence-corrected chi connectivity index (χ4v) is 3.19. The van der Waals surface area contributed by atoms with E-state index in [1.165, 1.54) is 11.1 Å². The number of nitrogens with zero attached hydrogens (tertiary/aromatic N) is 1. The molecule has 0 aromatic heterocycles. The van der Waals surface area contributed by atoms with Crippen molar-refractivity contribution in [1.29, 1.82) is 0 Å². The molecular formula is C20H22ClNO3. The van der Waals surface area contributed by atoms with Gasteiger partial charge < -0.3 is 14.4 Å². The molecule has 132 valence electrons. The Hall–Kier alpha value is -2.20. The normalized spacial score (nSPS) is 13.3. The molecule has 0 bridgehead atoms. The SMILES string of the molecule is Cc1ccc(CN(C)C(=O)c2cc(Cl)c3c(c2)OCCCO3)c(C)c1. The van der Waals surface area contributed by atoms with E-state index < -0.39 is 0 Å². The molecule has 0 atom stereocenters. The van der Waals surface area contributed by atoms with E-state index in [-0.39, 0.29) is 5.91 Å².